The van der Waals surface area contributed by atoms with Gasteiger partial charge in [0.15, 0.2) is 5.25 Å². The molecule has 0 bridgehead atoms. The molecule has 23 heavy (non-hydrogen) atoms. The van der Waals surface area contributed by atoms with E-state index in [0.29, 0.717) is 0 Å². The Labute approximate surface area is 131 Å². The molecule has 0 fully saturated rings. The summed E-state index contributed by atoms with van der Waals surface area (Å²) in [6, 6.07) is 7.49. The minimum atomic E-state index is -4.56. The number of nitriles is 2. The molecule has 0 unspecified atom stereocenters. The van der Waals surface area contributed by atoms with E-state index < -0.39 is 37.6 Å². The van der Waals surface area contributed by atoms with Crippen LogP contribution in [-0.4, -0.2) is 13.7 Å². The molecule has 0 saturated heterocycles. The summed E-state index contributed by atoms with van der Waals surface area (Å²) in [5.74, 6) is -0.940. The molecular weight excluding hydrogens is 329 g/mol. The van der Waals surface area contributed by atoms with E-state index in [-0.39, 0.29) is 17.6 Å². The van der Waals surface area contributed by atoms with Gasteiger partial charge >= 0.3 is 6.18 Å². The second-order valence-electron chi connectivity index (χ2n) is 5.25. The van der Waals surface area contributed by atoms with E-state index in [1.54, 1.807) is 12.1 Å². The zero-order valence-electron chi connectivity index (χ0n) is 11.9. The smallest absolute Gasteiger partial charge is 0.222 e. The van der Waals surface area contributed by atoms with Crippen LogP contribution in [0.1, 0.15) is 30.4 Å². The lowest BCUT2D eigenvalue weighted by Gasteiger charge is -2.28. The topological polar surface area (TPSA) is 81.7 Å². The van der Waals surface area contributed by atoms with Gasteiger partial charge in [-0.1, -0.05) is 18.2 Å². The third kappa shape index (κ3) is 2.95. The van der Waals surface area contributed by atoms with Crippen molar-refractivity contribution < 1.29 is 21.6 Å². The van der Waals surface area contributed by atoms with Crippen molar-refractivity contribution in [3.63, 3.8) is 0 Å². The van der Waals surface area contributed by atoms with Gasteiger partial charge in [0.2, 0.25) is 9.84 Å². The molecule has 8 heteroatoms. The summed E-state index contributed by atoms with van der Waals surface area (Å²) < 4.78 is 63.1. The van der Waals surface area contributed by atoms with Crippen molar-refractivity contribution in [3.05, 3.63) is 45.9 Å². The second-order valence-corrected chi connectivity index (χ2v) is 7.26. The van der Waals surface area contributed by atoms with Crippen LogP contribution >= 0.6 is 0 Å². The lowest BCUT2D eigenvalue weighted by molar-refractivity contribution is -0.137. The monoisotopic (exact) mass is 340 g/mol. The van der Waals surface area contributed by atoms with E-state index in [1.807, 2.05) is 0 Å². The Bertz CT molecular complexity index is 858. The van der Waals surface area contributed by atoms with Crippen molar-refractivity contribution in [2.24, 2.45) is 0 Å². The number of rotatable bonds is 1. The Morgan fingerprint density at radius 1 is 1.26 bits per heavy atom. The number of hydrogen-bond acceptors (Lipinski definition) is 4. The molecule has 0 saturated carbocycles. The van der Waals surface area contributed by atoms with E-state index in [1.165, 1.54) is 19.1 Å². The molecule has 0 N–H and O–H groups in total. The molecule has 1 aromatic carbocycles. The van der Waals surface area contributed by atoms with Gasteiger partial charge in [0.05, 0.1) is 11.6 Å². The zero-order chi connectivity index (χ0) is 17.4. The summed E-state index contributed by atoms with van der Waals surface area (Å²) in [6.07, 6.45) is -4.52. The van der Waals surface area contributed by atoms with Crippen molar-refractivity contribution in [1.29, 1.82) is 10.5 Å². The van der Waals surface area contributed by atoms with E-state index in [0.717, 1.165) is 12.1 Å². The average Bonchev–Trinajstić information content (AvgIpc) is 2.45. The molecule has 120 valence electrons. The quantitative estimate of drug-likeness (QED) is 0.785. The van der Waals surface area contributed by atoms with Crippen molar-refractivity contribution in [3.8, 4) is 12.1 Å². The molecule has 0 spiro atoms. The van der Waals surface area contributed by atoms with Crippen molar-refractivity contribution >= 4 is 9.84 Å². The number of halogens is 3. The maximum Gasteiger partial charge on any atom is 0.416 e. The van der Waals surface area contributed by atoms with E-state index >= 15 is 0 Å². The molecule has 2 atom stereocenters. The predicted molar refractivity (Wildman–Crippen MR) is 75.4 cm³/mol. The van der Waals surface area contributed by atoms with Crippen LogP contribution in [0, 0.1) is 22.7 Å². The molecule has 1 aliphatic rings. The van der Waals surface area contributed by atoms with Crippen LogP contribution in [0.4, 0.5) is 13.2 Å². The molecule has 2 rings (SSSR count). The first-order chi connectivity index (χ1) is 10.6. The van der Waals surface area contributed by atoms with E-state index in [9.17, 15) is 26.9 Å². The van der Waals surface area contributed by atoms with Crippen LogP contribution in [0.25, 0.3) is 0 Å². The standard InChI is InChI=1S/C15H11F3N2O2S/c1-9-5-12(14(8-20)23(21,22)13(9)7-19)10-3-2-4-11(6-10)15(16,17)18/h2-4,6,12,14H,5H2,1H3/t12-,14+/m1/s1. The van der Waals surface area contributed by atoms with Gasteiger partial charge in [-0.25, -0.2) is 8.42 Å². The molecule has 4 nitrogen and oxygen atoms in total. The zero-order valence-corrected chi connectivity index (χ0v) is 12.7. The highest BCUT2D eigenvalue weighted by atomic mass is 32.2. The van der Waals surface area contributed by atoms with Crippen molar-refractivity contribution in [1.82, 2.24) is 0 Å². The largest absolute Gasteiger partial charge is 0.416 e. The number of alkyl halides is 3. The average molecular weight is 340 g/mol. The highest BCUT2D eigenvalue weighted by molar-refractivity contribution is 7.96. The van der Waals surface area contributed by atoms with Crippen molar-refractivity contribution in [2.45, 2.75) is 30.7 Å². The van der Waals surface area contributed by atoms with Gasteiger partial charge in [0.1, 0.15) is 11.0 Å². The minimum absolute atomic E-state index is 0.0433. The molecule has 0 aliphatic carbocycles. The van der Waals surface area contributed by atoms with Gasteiger partial charge in [0.25, 0.3) is 0 Å². The van der Waals surface area contributed by atoms with Gasteiger partial charge in [-0.3, -0.25) is 0 Å². The fraction of sp³-hybridized carbons (Fsp3) is 0.333. The van der Waals surface area contributed by atoms with Gasteiger partial charge in [-0.15, -0.1) is 0 Å². The molecule has 0 radical (unpaired) electrons. The summed E-state index contributed by atoms with van der Waals surface area (Å²) in [5, 5.41) is 16.6. The Hall–Kier alpha value is -2.32. The van der Waals surface area contributed by atoms with Crippen LogP contribution in [-0.2, 0) is 16.0 Å². The maximum atomic E-state index is 12.8. The number of nitrogens with zero attached hydrogens (tertiary/aromatic N) is 2. The summed E-state index contributed by atoms with van der Waals surface area (Å²) in [4.78, 5) is -0.465. The lowest BCUT2D eigenvalue weighted by Crippen LogP contribution is -2.32. The Balaban J connectivity index is 2.60. The SMILES string of the molecule is CC1=C(C#N)S(=O)(=O)[C@@H](C#N)[C@@H](c2cccc(C(F)(F)F)c2)C1. The normalized spacial score (nSPS) is 23.9. The van der Waals surface area contributed by atoms with Crippen LogP contribution in [0.2, 0.25) is 0 Å². The third-order valence-electron chi connectivity index (χ3n) is 3.77. The molecule has 0 amide bonds. The van der Waals surface area contributed by atoms with Gasteiger partial charge < -0.3 is 0 Å². The van der Waals surface area contributed by atoms with Crippen LogP contribution in [0.5, 0.6) is 0 Å². The lowest BCUT2D eigenvalue weighted by atomic mass is 9.88. The predicted octanol–water partition coefficient (Wildman–Crippen LogP) is 3.30. The number of sulfone groups is 1. The first-order valence-electron chi connectivity index (χ1n) is 6.53. The highest BCUT2D eigenvalue weighted by Gasteiger charge is 2.43. The number of allylic oxidation sites excluding steroid dienone is 2. The first kappa shape index (κ1) is 17.0. The van der Waals surface area contributed by atoms with Gasteiger partial charge in [-0.05, 0) is 30.5 Å². The molecule has 1 heterocycles. The Morgan fingerprint density at radius 3 is 2.43 bits per heavy atom. The molecular formula is C15H11F3N2O2S. The third-order valence-corrected chi connectivity index (χ3v) is 5.88. The number of hydrogen-bond donors (Lipinski definition) is 0. The summed E-state index contributed by atoms with van der Waals surface area (Å²) >= 11 is 0. The number of benzene rings is 1. The first-order valence-corrected chi connectivity index (χ1v) is 8.08. The fourth-order valence-corrected chi connectivity index (χ4v) is 4.45. The Kier molecular flexibility index (Phi) is 4.23. The molecule has 1 aliphatic heterocycles. The second kappa shape index (κ2) is 5.71. The van der Waals surface area contributed by atoms with E-state index in [2.05, 4.69) is 0 Å². The Morgan fingerprint density at radius 2 is 1.91 bits per heavy atom. The minimum Gasteiger partial charge on any atom is -0.222 e. The van der Waals surface area contributed by atoms with Crippen LogP contribution in [0.3, 0.4) is 0 Å². The van der Waals surface area contributed by atoms with Crippen molar-refractivity contribution in [2.75, 3.05) is 0 Å². The maximum absolute atomic E-state index is 12.8. The fourth-order valence-electron chi connectivity index (χ4n) is 2.67. The molecule has 0 aromatic heterocycles. The van der Waals surface area contributed by atoms with E-state index in [4.69, 9.17) is 5.26 Å². The highest BCUT2D eigenvalue weighted by Crippen LogP contribution is 2.41. The summed E-state index contributed by atoms with van der Waals surface area (Å²) in [6.45, 7) is 1.43. The van der Waals surface area contributed by atoms with Crippen LogP contribution < -0.4 is 0 Å². The summed E-state index contributed by atoms with van der Waals surface area (Å²) in [5.41, 5.74) is -0.537. The molecule has 1 aromatic rings. The van der Waals surface area contributed by atoms with Gasteiger partial charge in [-0.2, -0.15) is 23.7 Å². The van der Waals surface area contributed by atoms with Crippen LogP contribution in [0.15, 0.2) is 34.7 Å². The summed E-state index contributed by atoms with van der Waals surface area (Å²) in [7, 11) is -4.18. The van der Waals surface area contributed by atoms with Gasteiger partial charge in [0, 0.05) is 5.92 Å².